The van der Waals surface area contributed by atoms with Crippen LogP contribution in [0.5, 0.6) is 11.5 Å². The van der Waals surface area contributed by atoms with Crippen molar-refractivity contribution in [2.75, 3.05) is 6.61 Å². The first-order valence-corrected chi connectivity index (χ1v) is 7.89. The van der Waals surface area contributed by atoms with Gasteiger partial charge >= 0.3 is 24.3 Å². The third-order valence-electron chi connectivity index (χ3n) is 2.94. The smallest absolute Gasteiger partial charge is 0.340 e. The van der Waals surface area contributed by atoms with Crippen molar-refractivity contribution in [3.8, 4) is 11.5 Å². The van der Waals surface area contributed by atoms with Gasteiger partial charge in [-0.25, -0.2) is 8.78 Å². The third kappa shape index (κ3) is 7.71. The molecule has 0 saturated heterocycles. The van der Waals surface area contributed by atoms with Crippen molar-refractivity contribution in [3.63, 3.8) is 0 Å². The fourth-order valence-corrected chi connectivity index (χ4v) is 1.75. The highest BCUT2D eigenvalue weighted by molar-refractivity contribution is 5.74. The lowest BCUT2D eigenvalue weighted by Gasteiger charge is -2.15. The summed E-state index contributed by atoms with van der Waals surface area (Å²) < 4.78 is 63.8. The van der Waals surface area contributed by atoms with Crippen molar-refractivity contribution in [1.82, 2.24) is 0 Å². The van der Waals surface area contributed by atoms with Gasteiger partial charge in [-0.1, -0.05) is 12.1 Å². The number of ether oxygens (including phenoxy) is 3. The Balaban J connectivity index is 2.38. The molecule has 0 fully saturated rings. The maximum Gasteiger partial charge on any atom is 0.340 e. The van der Waals surface area contributed by atoms with E-state index in [2.05, 4.69) is 4.74 Å². The van der Waals surface area contributed by atoms with Crippen LogP contribution >= 0.6 is 0 Å². The van der Waals surface area contributed by atoms with Crippen LogP contribution in [0.2, 0.25) is 0 Å². The van der Waals surface area contributed by atoms with E-state index in [1.165, 1.54) is 6.07 Å². The fourth-order valence-electron chi connectivity index (χ4n) is 1.75. The van der Waals surface area contributed by atoms with Gasteiger partial charge in [0, 0.05) is 12.8 Å². The first-order valence-electron chi connectivity index (χ1n) is 7.89. The molecule has 0 radical (unpaired) electrons. The summed E-state index contributed by atoms with van der Waals surface area (Å²) in [6.07, 6.45) is -4.64. The highest BCUT2D eigenvalue weighted by Crippen LogP contribution is 2.28. The first kappa shape index (κ1) is 21.7. The summed E-state index contributed by atoms with van der Waals surface area (Å²) in [5.74, 6) is -5.55. The van der Waals surface area contributed by atoms with Crippen molar-refractivity contribution < 1.29 is 41.4 Å². The van der Waals surface area contributed by atoms with Gasteiger partial charge in [-0.05, 0) is 32.4 Å². The molecular formula is C17H20F4O5. The Kier molecular flexibility index (Phi) is 8.34. The molecule has 9 heteroatoms. The lowest BCUT2D eigenvalue weighted by atomic mass is 10.2. The standard InChI is InChI=1S/C17H20F4O5/c1-11(2)25-12-6-3-4-7-13(12)26-15(23)9-5-8-14(22)24-10-17(20,21)16(18)19/h3-4,6-7,11,16H,5,8-10H2,1-2H3. The van der Waals surface area contributed by atoms with Crippen LogP contribution in [0.25, 0.3) is 0 Å². The lowest BCUT2D eigenvalue weighted by Crippen LogP contribution is -2.33. The summed E-state index contributed by atoms with van der Waals surface area (Å²) in [5, 5.41) is 0. The molecule has 0 N–H and O–H groups in total. The highest BCUT2D eigenvalue weighted by Gasteiger charge is 2.42. The molecule has 0 spiro atoms. The van der Waals surface area contributed by atoms with Crippen LogP contribution < -0.4 is 9.47 Å². The fraction of sp³-hybridized carbons (Fsp3) is 0.529. The van der Waals surface area contributed by atoms with Gasteiger partial charge in [0.1, 0.15) is 0 Å². The van der Waals surface area contributed by atoms with E-state index in [1.807, 2.05) is 13.8 Å². The Bertz CT molecular complexity index is 605. The molecule has 0 heterocycles. The summed E-state index contributed by atoms with van der Waals surface area (Å²) in [6.45, 7) is 1.91. The normalized spacial score (nSPS) is 11.5. The van der Waals surface area contributed by atoms with E-state index in [-0.39, 0.29) is 31.1 Å². The van der Waals surface area contributed by atoms with Gasteiger partial charge in [0.25, 0.3) is 0 Å². The zero-order valence-electron chi connectivity index (χ0n) is 14.3. The van der Waals surface area contributed by atoms with E-state index in [0.29, 0.717) is 5.75 Å². The summed E-state index contributed by atoms with van der Waals surface area (Å²) in [4.78, 5) is 23.0. The van der Waals surface area contributed by atoms with E-state index < -0.39 is 30.9 Å². The minimum Gasteiger partial charge on any atom is -0.487 e. The van der Waals surface area contributed by atoms with E-state index >= 15 is 0 Å². The van der Waals surface area contributed by atoms with Crippen molar-refractivity contribution in [1.29, 1.82) is 0 Å². The van der Waals surface area contributed by atoms with E-state index in [9.17, 15) is 27.2 Å². The van der Waals surface area contributed by atoms with Crippen molar-refractivity contribution >= 4 is 11.9 Å². The van der Waals surface area contributed by atoms with E-state index in [1.54, 1.807) is 18.2 Å². The minimum atomic E-state index is -4.39. The second kappa shape index (κ2) is 9.98. The number of hydrogen-bond acceptors (Lipinski definition) is 5. The number of carbonyl (C=O) groups is 2. The van der Waals surface area contributed by atoms with Crippen LogP contribution in [0.1, 0.15) is 33.1 Å². The first-order chi connectivity index (χ1) is 12.1. The number of hydrogen-bond donors (Lipinski definition) is 0. The molecule has 1 rings (SSSR count). The Labute approximate surface area is 148 Å². The van der Waals surface area contributed by atoms with Crippen LogP contribution in [-0.2, 0) is 14.3 Å². The molecule has 1 aromatic rings. The second-order valence-electron chi connectivity index (χ2n) is 5.66. The molecule has 26 heavy (non-hydrogen) atoms. The molecule has 0 aliphatic rings. The molecule has 0 atom stereocenters. The molecule has 0 bridgehead atoms. The number of halogens is 4. The number of benzene rings is 1. The largest absolute Gasteiger partial charge is 0.487 e. The molecule has 0 amide bonds. The molecule has 0 aliphatic heterocycles. The maximum atomic E-state index is 12.6. The Hall–Kier alpha value is -2.32. The van der Waals surface area contributed by atoms with Gasteiger partial charge in [-0.15, -0.1) is 0 Å². The monoisotopic (exact) mass is 380 g/mol. The van der Waals surface area contributed by atoms with Crippen LogP contribution in [0.3, 0.4) is 0 Å². The Morgan fingerprint density at radius 1 is 1.04 bits per heavy atom. The third-order valence-corrected chi connectivity index (χ3v) is 2.94. The topological polar surface area (TPSA) is 61.8 Å². The van der Waals surface area contributed by atoms with Gasteiger partial charge < -0.3 is 14.2 Å². The number of esters is 2. The van der Waals surface area contributed by atoms with Crippen molar-refractivity contribution in [2.24, 2.45) is 0 Å². The van der Waals surface area contributed by atoms with Crippen LogP contribution in [0.15, 0.2) is 24.3 Å². The summed E-state index contributed by atoms with van der Waals surface area (Å²) >= 11 is 0. The predicted octanol–water partition coefficient (Wildman–Crippen LogP) is 3.99. The van der Waals surface area contributed by atoms with Crippen molar-refractivity contribution in [2.45, 2.75) is 51.6 Å². The lowest BCUT2D eigenvalue weighted by molar-refractivity contribution is -0.179. The summed E-state index contributed by atoms with van der Waals surface area (Å²) in [7, 11) is 0. The number of rotatable bonds is 10. The number of para-hydroxylation sites is 2. The molecular weight excluding hydrogens is 360 g/mol. The van der Waals surface area contributed by atoms with Gasteiger partial charge in [-0.2, -0.15) is 8.78 Å². The minimum absolute atomic E-state index is 0.0366. The number of carbonyl (C=O) groups excluding carboxylic acids is 2. The van der Waals surface area contributed by atoms with Crippen molar-refractivity contribution in [3.05, 3.63) is 24.3 Å². The highest BCUT2D eigenvalue weighted by atomic mass is 19.3. The zero-order valence-corrected chi connectivity index (χ0v) is 14.3. The zero-order chi connectivity index (χ0) is 19.7. The molecule has 0 unspecified atom stereocenters. The number of alkyl halides is 4. The second-order valence-corrected chi connectivity index (χ2v) is 5.66. The molecule has 1 aromatic carbocycles. The van der Waals surface area contributed by atoms with Crippen LogP contribution in [-0.4, -0.2) is 37.0 Å². The van der Waals surface area contributed by atoms with E-state index in [4.69, 9.17) is 9.47 Å². The van der Waals surface area contributed by atoms with Gasteiger partial charge in [-0.3, -0.25) is 9.59 Å². The average molecular weight is 380 g/mol. The van der Waals surface area contributed by atoms with Crippen LogP contribution in [0.4, 0.5) is 17.6 Å². The van der Waals surface area contributed by atoms with Gasteiger partial charge in [0.05, 0.1) is 6.10 Å². The van der Waals surface area contributed by atoms with Gasteiger partial charge in [0.2, 0.25) is 0 Å². The molecule has 146 valence electrons. The Morgan fingerprint density at radius 3 is 2.19 bits per heavy atom. The van der Waals surface area contributed by atoms with Crippen LogP contribution in [0, 0.1) is 0 Å². The molecule has 5 nitrogen and oxygen atoms in total. The quantitative estimate of drug-likeness (QED) is 0.349. The SMILES string of the molecule is CC(C)Oc1ccccc1OC(=O)CCCC(=O)OCC(F)(F)C(F)F. The summed E-state index contributed by atoms with van der Waals surface area (Å²) in [6, 6.07) is 6.52. The van der Waals surface area contributed by atoms with Gasteiger partial charge in [0.15, 0.2) is 18.1 Å². The predicted molar refractivity (Wildman–Crippen MR) is 83.6 cm³/mol. The van der Waals surface area contributed by atoms with E-state index in [0.717, 1.165) is 0 Å². The molecule has 0 aliphatic carbocycles. The Morgan fingerprint density at radius 2 is 1.62 bits per heavy atom. The summed E-state index contributed by atoms with van der Waals surface area (Å²) in [5.41, 5.74) is 0. The molecule has 0 saturated carbocycles. The molecule has 0 aromatic heterocycles. The maximum absolute atomic E-state index is 12.6. The average Bonchev–Trinajstić information content (AvgIpc) is 2.54.